The van der Waals surface area contributed by atoms with Crippen LogP contribution in [-0.2, 0) is 4.74 Å². The molecule has 2 rings (SSSR count). The second kappa shape index (κ2) is 11.6. The molecule has 2 N–H and O–H groups in total. The Morgan fingerprint density at radius 3 is 2.88 bits per heavy atom. The summed E-state index contributed by atoms with van der Waals surface area (Å²) in [5.41, 5.74) is 1.19. The van der Waals surface area contributed by atoms with E-state index in [1.54, 1.807) is 7.11 Å². The van der Waals surface area contributed by atoms with E-state index < -0.39 is 0 Å². The largest absolute Gasteiger partial charge is 0.495 e. The van der Waals surface area contributed by atoms with Crippen molar-refractivity contribution in [2.45, 2.75) is 26.2 Å². The van der Waals surface area contributed by atoms with Crippen molar-refractivity contribution >= 4 is 11.6 Å². The van der Waals surface area contributed by atoms with Crippen LogP contribution in [0.25, 0.3) is 0 Å². The van der Waals surface area contributed by atoms with E-state index in [-0.39, 0.29) is 0 Å². The average Bonchev–Trinajstić information content (AvgIpc) is 3.15. The summed E-state index contributed by atoms with van der Waals surface area (Å²) in [4.78, 5) is 6.73. The quantitative estimate of drug-likeness (QED) is 0.380. The zero-order chi connectivity index (χ0) is 18.6. The van der Waals surface area contributed by atoms with E-state index in [4.69, 9.17) is 9.47 Å². The molecule has 0 bridgehead atoms. The number of para-hydroxylation sites is 2. The number of benzene rings is 1. The van der Waals surface area contributed by atoms with Crippen molar-refractivity contribution in [3.8, 4) is 5.75 Å². The van der Waals surface area contributed by atoms with Gasteiger partial charge in [0.25, 0.3) is 0 Å². The maximum absolute atomic E-state index is 5.49. The van der Waals surface area contributed by atoms with Gasteiger partial charge in [0.2, 0.25) is 0 Å². The maximum Gasteiger partial charge on any atom is 0.190 e. The second-order valence-corrected chi connectivity index (χ2v) is 6.56. The van der Waals surface area contributed by atoms with Gasteiger partial charge in [0.15, 0.2) is 5.96 Å². The van der Waals surface area contributed by atoms with E-state index in [0.29, 0.717) is 5.92 Å². The van der Waals surface area contributed by atoms with Crippen molar-refractivity contribution in [3.05, 3.63) is 24.3 Å². The van der Waals surface area contributed by atoms with Crippen molar-refractivity contribution in [1.82, 2.24) is 10.6 Å². The van der Waals surface area contributed by atoms with E-state index in [0.717, 1.165) is 63.9 Å². The van der Waals surface area contributed by atoms with Gasteiger partial charge in [-0.3, -0.25) is 4.99 Å². The Hall–Kier alpha value is -1.95. The Morgan fingerprint density at radius 2 is 2.12 bits per heavy atom. The van der Waals surface area contributed by atoms with Gasteiger partial charge >= 0.3 is 0 Å². The maximum atomic E-state index is 5.49. The Bertz CT molecular complexity index is 550. The van der Waals surface area contributed by atoms with E-state index in [1.807, 2.05) is 26.1 Å². The fraction of sp³-hybridized carbons (Fsp3) is 0.650. The van der Waals surface area contributed by atoms with E-state index in [2.05, 4.69) is 32.7 Å². The number of nitrogens with one attached hydrogen (secondary N) is 2. The number of methoxy groups -OCH3 is 1. The van der Waals surface area contributed by atoms with Gasteiger partial charge in [-0.25, -0.2) is 0 Å². The number of rotatable bonds is 10. The number of anilines is 1. The lowest BCUT2D eigenvalue weighted by Gasteiger charge is -2.21. The van der Waals surface area contributed by atoms with Gasteiger partial charge in [-0.15, -0.1) is 0 Å². The van der Waals surface area contributed by atoms with Crippen molar-refractivity contribution in [3.63, 3.8) is 0 Å². The van der Waals surface area contributed by atoms with E-state index in [1.165, 1.54) is 12.1 Å². The summed E-state index contributed by atoms with van der Waals surface area (Å²) in [5, 5.41) is 6.84. The van der Waals surface area contributed by atoms with Crippen molar-refractivity contribution in [2.75, 3.05) is 58.5 Å². The Morgan fingerprint density at radius 1 is 1.27 bits per heavy atom. The molecule has 146 valence electrons. The molecule has 1 aliphatic heterocycles. The number of ether oxygens (including phenoxy) is 2. The zero-order valence-electron chi connectivity index (χ0n) is 16.5. The summed E-state index contributed by atoms with van der Waals surface area (Å²) in [5.74, 6) is 2.44. The first-order valence-corrected chi connectivity index (χ1v) is 9.68. The molecule has 1 fully saturated rings. The molecular formula is C20H34N4O2. The van der Waals surface area contributed by atoms with Crippen LogP contribution in [0.15, 0.2) is 29.3 Å². The summed E-state index contributed by atoms with van der Waals surface area (Å²) in [6, 6.07) is 8.25. The molecule has 0 aliphatic carbocycles. The van der Waals surface area contributed by atoms with Crippen LogP contribution >= 0.6 is 0 Å². The summed E-state index contributed by atoms with van der Waals surface area (Å²) >= 11 is 0. The first-order valence-electron chi connectivity index (χ1n) is 9.68. The lowest BCUT2D eigenvalue weighted by molar-refractivity contribution is 0.143. The topological polar surface area (TPSA) is 58.1 Å². The third-order valence-corrected chi connectivity index (χ3v) is 4.71. The Balaban J connectivity index is 1.69. The molecule has 1 atom stereocenters. The first-order chi connectivity index (χ1) is 12.8. The third kappa shape index (κ3) is 6.41. The van der Waals surface area contributed by atoms with Crippen molar-refractivity contribution < 1.29 is 9.47 Å². The molecule has 1 aliphatic rings. The molecule has 1 unspecified atom stereocenters. The highest BCUT2D eigenvalue weighted by Gasteiger charge is 2.24. The van der Waals surface area contributed by atoms with Gasteiger partial charge in [-0.05, 0) is 44.2 Å². The number of hydrogen-bond donors (Lipinski definition) is 2. The number of aliphatic imine (C=N–C) groups is 1. The minimum absolute atomic E-state index is 0.608. The van der Waals surface area contributed by atoms with Gasteiger partial charge in [0, 0.05) is 46.4 Å². The molecule has 0 aromatic heterocycles. The van der Waals surface area contributed by atoms with Crippen LogP contribution in [-0.4, -0.2) is 59.5 Å². The third-order valence-electron chi connectivity index (χ3n) is 4.71. The molecular weight excluding hydrogens is 328 g/mol. The van der Waals surface area contributed by atoms with Gasteiger partial charge < -0.3 is 25.0 Å². The summed E-state index contributed by atoms with van der Waals surface area (Å²) < 4.78 is 10.9. The van der Waals surface area contributed by atoms with E-state index >= 15 is 0 Å². The summed E-state index contributed by atoms with van der Waals surface area (Å²) in [6.45, 7) is 7.63. The molecule has 0 saturated carbocycles. The Kier molecular flexibility index (Phi) is 9.10. The van der Waals surface area contributed by atoms with Crippen molar-refractivity contribution in [2.24, 2.45) is 10.9 Å². The number of unbranched alkanes of at least 4 members (excludes halogenated alkanes) is 1. The van der Waals surface area contributed by atoms with Gasteiger partial charge in [-0.1, -0.05) is 12.1 Å². The second-order valence-electron chi connectivity index (χ2n) is 6.56. The average molecular weight is 363 g/mol. The minimum Gasteiger partial charge on any atom is -0.495 e. The lowest BCUT2D eigenvalue weighted by atomic mass is 10.1. The van der Waals surface area contributed by atoms with Crippen LogP contribution in [0.4, 0.5) is 5.69 Å². The molecule has 1 aromatic carbocycles. The first kappa shape index (κ1) is 20.4. The molecule has 0 spiro atoms. The standard InChI is InChI=1S/C20H34N4O2/c1-4-26-14-8-7-12-22-20(21-2)23-15-17-11-13-24(16-17)18-9-5-6-10-19(18)25-3/h5-6,9-10,17H,4,7-8,11-16H2,1-3H3,(H2,21,22,23). The van der Waals surface area contributed by atoms with Gasteiger partial charge in [0.05, 0.1) is 12.8 Å². The van der Waals surface area contributed by atoms with Crippen LogP contribution < -0.4 is 20.3 Å². The molecule has 6 nitrogen and oxygen atoms in total. The fourth-order valence-corrected chi connectivity index (χ4v) is 3.25. The highest BCUT2D eigenvalue weighted by atomic mass is 16.5. The Labute approximate surface area is 158 Å². The van der Waals surface area contributed by atoms with Crippen molar-refractivity contribution in [1.29, 1.82) is 0 Å². The smallest absolute Gasteiger partial charge is 0.190 e. The molecule has 1 aromatic rings. The van der Waals surface area contributed by atoms with Crippen LogP contribution in [0.1, 0.15) is 26.2 Å². The number of guanidine groups is 1. The molecule has 1 saturated heterocycles. The highest BCUT2D eigenvalue weighted by Crippen LogP contribution is 2.31. The highest BCUT2D eigenvalue weighted by molar-refractivity contribution is 5.79. The molecule has 0 amide bonds. The number of nitrogens with zero attached hydrogens (tertiary/aromatic N) is 2. The molecule has 0 radical (unpaired) electrons. The fourth-order valence-electron chi connectivity index (χ4n) is 3.25. The minimum atomic E-state index is 0.608. The summed E-state index contributed by atoms with van der Waals surface area (Å²) in [7, 11) is 3.56. The molecule has 26 heavy (non-hydrogen) atoms. The van der Waals surface area contributed by atoms with Crippen LogP contribution in [0, 0.1) is 5.92 Å². The number of hydrogen-bond acceptors (Lipinski definition) is 4. The zero-order valence-corrected chi connectivity index (χ0v) is 16.5. The van der Waals surface area contributed by atoms with Crippen LogP contribution in [0.5, 0.6) is 5.75 Å². The lowest BCUT2D eigenvalue weighted by Crippen LogP contribution is -2.40. The summed E-state index contributed by atoms with van der Waals surface area (Å²) in [6.07, 6.45) is 3.34. The van der Waals surface area contributed by atoms with Crippen LogP contribution in [0.2, 0.25) is 0 Å². The van der Waals surface area contributed by atoms with Crippen LogP contribution in [0.3, 0.4) is 0 Å². The normalized spacial score (nSPS) is 17.4. The SMILES string of the molecule is CCOCCCCNC(=NC)NCC1CCN(c2ccccc2OC)C1. The molecule has 6 heteroatoms. The predicted octanol–water partition coefficient (Wildman–Crippen LogP) is 2.50. The van der Waals surface area contributed by atoms with E-state index in [9.17, 15) is 0 Å². The predicted molar refractivity (Wildman–Crippen MR) is 108 cm³/mol. The molecule has 1 heterocycles. The van der Waals surface area contributed by atoms with Gasteiger partial charge in [0.1, 0.15) is 5.75 Å². The van der Waals surface area contributed by atoms with Gasteiger partial charge in [-0.2, -0.15) is 0 Å². The monoisotopic (exact) mass is 362 g/mol.